The number of likely N-dealkylation sites (N-methyl/N-ethyl adjacent to an activating group) is 1. The second-order valence-electron chi connectivity index (χ2n) is 5.67. The number of aromatic nitrogens is 5. The lowest BCUT2D eigenvalue weighted by molar-refractivity contribution is 0.108. The first kappa shape index (κ1) is 14.9. The molecule has 0 saturated carbocycles. The molecule has 2 aromatic rings. The highest BCUT2D eigenvalue weighted by atomic mass is 16.5. The van der Waals surface area contributed by atoms with Crippen LogP contribution in [0, 0.1) is 6.92 Å². The van der Waals surface area contributed by atoms with Crippen LogP contribution in [0.3, 0.4) is 0 Å². The van der Waals surface area contributed by atoms with Crippen LogP contribution in [0.15, 0.2) is 12.4 Å². The molecule has 0 aliphatic carbocycles. The molecule has 1 fully saturated rings. The van der Waals surface area contributed by atoms with Crippen molar-refractivity contribution in [3.8, 4) is 0 Å². The molecule has 1 saturated heterocycles. The normalized spacial score (nSPS) is 21.2. The van der Waals surface area contributed by atoms with Crippen molar-refractivity contribution in [3.63, 3.8) is 0 Å². The highest BCUT2D eigenvalue weighted by Gasteiger charge is 2.32. The minimum Gasteiger partial charge on any atom is -0.376 e. The fourth-order valence-corrected chi connectivity index (χ4v) is 2.89. The maximum atomic E-state index is 5.90. The molecule has 7 nitrogen and oxygen atoms in total. The van der Waals surface area contributed by atoms with Crippen LogP contribution in [-0.4, -0.2) is 51.5 Å². The second kappa shape index (κ2) is 6.39. The van der Waals surface area contributed by atoms with Gasteiger partial charge < -0.3 is 9.64 Å². The lowest BCUT2D eigenvalue weighted by Gasteiger charge is -2.25. The number of anilines is 1. The van der Waals surface area contributed by atoms with Gasteiger partial charge in [0.1, 0.15) is 23.8 Å². The van der Waals surface area contributed by atoms with E-state index in [4.69, 9.17) is 4.74 Å². The number of hydrogen-bond acceptors (Lipinski definition) is 6. The monoisotopic (exact) mass is 302 g/mol. The first-order chi connectivity index (χ1) is 10.7. The number of aromatic amines is 1. The quantitative estimate of drug-likeness (QED) is 0.901. The summed E-state index contributed by atoms with van der Waals surface area (Å²) < 4.78 is 5.90. The van der Waals surface area contributed by atoms with E-state index in [-0.39, 0.29) is 12.0 Å². The second-order valence-corrected chi connectivity index (χ2v) is 5.67. The Bertz CT molecular complexity index is 615. The number of nitrogens with zero attached hydrogens (tertiary/aromatic N) is 5. The summed E-state index contributed by atoms with van der Waals surface area (Å²) in [6.07, 6.45) is 3.52. The van der Waals surface area contributed by atoms with Gasteiger partial charge in [0.15, 0.2) is 0 Å². The van der Waals surface area contributed by atoms with E-state index in [0.717, 1.165) is 49.2 Å². The first-order valence-electron chi connectivity index (χ1n) is 7.70. The van der Waals surface area contributed by atoms with Gasteiger partial charge in [-0.15, -0.1) is 0 Å². The number of aryl methyl sites for hydroxylation is 2. The molecule has 2 atom stereocenters. The van der Waals surface area contributed by atoms with E-state index in [2.05, 4.69) is 37.0 Å². The molecule has 3 rings (SSSR count). The molecule has 0 unspecified atom stereocenters. The van der Waals surface area contributed by atoms with Gasteiger partial charge in [-0.25, -0.2) is 15.0 Å². The molecule has 0 spiro atoms. The minimum absolute atomic E-state index is 0.0956. The predicted molar refractivity (Wildman–Crippen MR) is 82.9 cm³/mol. The van der Waals surface area contributed by atoms with Crippen LogP contribution >= 0.6 is 0 Å². The smallest absolute Gasteiger partial charge is 0.137 e. The molecule has 7 heteroatoms. The van der Waals surface area contributed by atoms with Crippen LogP contribution in [0.4, 0.5) is 5.82 Å². The van der Waals surface area contributed by atoms with Crippen molar-refractivity contribution in [2.75, 3.05) is 25.1 Å². The fraction of sp³-hybridized carbons (Fsp3) is 0.600. The van der Waals surface area contributed by atoms with Gasteiger partial charge in [-0.3, -0.25) is 5.10 Å². The molecular weight excluding hydrogens is 280 g/mol. The van der Waals surface area contributed by atoms with Crippen molar-refractivity contribution in [3.05, 3.63) is 29.7 Å². The summed E-state index contributed by atoms with van der Waals surface area (Å²) in [5, 5.41) is 6.91. The largest absolute Gasteiger partial charge is 0.376 e. The summed E-state index contributed by atoms with van der Waals surface area (Å²) in [5.41, 5.74) is 1.06. The zero-order chi connectivity index (χ0) is 15.5. The van der Waals surface area contributed by atoms with Gasteiger partial charge in [0, 0.05) is 37.9 Å². The summed E-state index contributed by atoms with van der Waals surface area (Å²) in [4.78, 5) is 15.4. The van der Waals surface area contributed by atoms with Gasteiger partial charge in [0.2, 0.25) is 0 Å². The maximum absolute atomic E-state index is 5.90. The lowest BCUT2D eigenvalue weighted by Crippen LogP contribution is -2.33. The Labute approximate surface area is 130 Å². The third-order valence-corrected chi connectivity index (χ3v) is 4.08. The SMILES string of the molecule is CCc1cc(N(C)C[C@H]2OCC[C@H]2c2ncn[nH]2)nc(C)n1. The molecule has 2 aromatic heterocycles. The van der Waals surface area contributed by atoms with Crippen molar-refractivity contribution in [2.45, 2.75) is 38.7 Å². The third kappa shape index (κ3) is 3.09. The van der Waals surface area contributed by atoms with Crippen molar-refractivity contribution in [1.29, 1.82) is 0 Å². The van der Waals surface area contributed by atoms with Gasteiger partial charge in [0.05, 0.1) is 6.10 Å². The van der Waals surface area contributed by atoms with Crippen LogP contribution in [0.1, 0.15) is 36.6 Å². The Morgan fingerprint density at radius 3 is 3.00 bits per heavy atom. The highest BCUT2D eigenvalue weighted by Crippen LogP contribution is 2.29. The van der Waals surface area contributed by atoms with Crippen molar-refractivity contribution in [1.82, 2.24) is 25.1 Å². The summed E-state index contributed by atoms with van der Waals surface area (Å²) >= 11 is 0. The summed E-state index contributed by atoms with van der Waals surface area (Å²) in [7, 11) is 2.04. The number of H-pyrrole nitrogens is 1. The number of rotatable bonds is 5. The van der Waals surface area contributed by atoms with Gasteiger partial charge in [-0.05, 0) is 19.8 Å². The van der Waals surface area contributed by atoms with Gasteiger partial charge >= 0.3 is 0 Å². The highest BCUT2D eigenvalue weighted by molar-refractivity contribution is 5.39. The van der Waals surface area contributed by atoms with E-state index in [1.165, 1.54) is 0 Å². The molecule has 1 N–H and O–H groups in total. The van der Waals surface area contributed by atoms with Crippen LogP contribution in [0.25, 0.3) is 0 Å². The van der Waals surface area contributed by atoms with Gasteiger partial charge in [-0.2, -0.15) is 5.10 Å². The zero-order valence-electron chi connectivity index (χ0n) is 13.3. The van der Waals surface area contributed by atoms with Crippen molar-refractivity contribution < 1.29 is 4.74 Å². The van der Waals surface area contributed by atoms with Crippen molar-refractivity contribution in [2.24, 2.45) is 0 Å². The summed E-state index contributed by atoms with van der Waals surface area (Å²) in [6.45, 7) is 5.56. The topological polar surface area (TPSA) is 79.8 Å². The molecule has 0 bridgehead atoms. The third-order valence-electron chi connectivity index (χ3n) is 4.08. The average molecular weight is 302 g/mol. The first-order valence-corrected chi connectivity index (χ1v) is 7.70. The Kier molecular flexibility index (Phi) is 4.33. The molecule has 1 aliphatic heterocycles. The Hall–Kier alpha value is -2.02. The van der Waals surface area contributed by atoms with E-state index < -0.39 is 0 Å². The number of ether oxygens (including phenoxy) is 1. The van der Waals surface area contributed by atoms with E-state index >= 15 is 0 Å². The van der Waals surface area contributed by atoms with E-state index in [1.54, 1.807) is 6.33 Å². The van der Waals surface area contributed by atoms with Crippen molar-refractivity contribution >= 4 is 5.82 Å². The van der Waals surface area contributed by atoms with E-state index in [1.807, 2.05) is 20.0 Å². The number of hydrogen-bond donors (Lipinski definition) is 1. The average Bonchev–Trinajstić information content (AvgIpc) is 3.17. The lowest BCUT2D eigenvalue weighted by atomic mass is 10.0. The molecular formula is C15H22N6O. The molecule has 0 aromatic carbocycles. The Morgan fingerprint density at radius 1 is 1.41 bits per heavy atom. The molecule has 0 radical (unpaired) electrons. The van der Waals surface area contributed by atoms with Crippen LogP contribution < -0.4 is 4.90 Å². The molecule has 118 valence electrons. The fourth-order valence-electron chi connectivity index (χ4n) is 2.89. The van der Waals surface area contributed by atoms with Crippen LogP contribution in [-0.2, 0) is 11.2 Å². The van der Waals surface area contributed by atoms with Crippen LogP contribution in [0.2, 0.25) is 0 Å². The van der Waals surface area contributed by atoms with E-state index in [0.29, 0.717) is 0 Å². The molecule has 1 aliphatic rings. The zero-order valence-corrected chi connectivity index (χ0v) is 13.3. The minimum atomic E-state index is 0.0956. The molecule has 3 heterocycles. The van der Waals surface area contributed by atoms with Gasteiger partial charge in [0.25, 0.3) is 0 Å². The Balaban J connectivity index is 1.73. The summed E-state index contributed by atoms with van der Waals surface area (Å²) in [5.74, 6) is 2.92. The molecule has 22 heavy (non-hydrogen) atoms. The Morgan fingerprint density at radius 2 is 2.27 bits per heavy atom. The van der Waals surface area contributed by atoms with Gasteiger partial charge in [-0.1, -0.05) is 6.92 Å². The number of nitrogens with one attached hydrogen (secondary N) is 1. The predicted octanol–water partition coefficient (Wildman–Crippen LogP) is 1.47. The van der Waals surface area contributed by atoms with Crippen LogP contribution in [0.5, 0.6) is 0 Å². The standard InChI is InChI=1S/C15H22N6O/c1-4-11-7-14(19-10(2)18-11)21(3)8-13-12(5-6-22-13)15-16-9-17-20-15/h7,9,12-13H,4-6,8H2,1-3H3,(H,16,17,20)/t12-,13-/m1/s1. The molecule has 0 amide bonds. The summed E-state index contributed by atoms with van der Waals surface area (Å²) in [6, 6.07) is 2.05. The van der Waals surface area contributed by atoms with E-state index in [9.17, 15) is 0 Å². The maximum Gasteiger partial charge on any atom is 0.137 e.